The molecule has 0 aliphatic carbocycles. The highest BCUT2D eigenvalue weighted by Crippen LogP contribution is 2.31. The molecule has 0 atom stereocenters. The number of carbonyl (C=O) groups excluding carboxylic acids is 1. The number of hydrogen-bond donors (Lipinski definition) is 2. The lowest BCUT2D eigenvalue weighted by Gasteiger charge is -2.10. The van der Waals surface area contributed by atoms with Crippen LogP contribution in [0.2, 0.25) is 0 Å². The molecule has 9 heteroatoms. The van der Waals surface area contributed by atoms with Gasteiger partial charge in [-0.15, -0.1) is 0 Å². The largest absolute Gasteiger partial charge is 0.507 e. The molecule has 1 aromatic carbocycles. The summed E-state index contributed by atoms with van der Waals surface area (Å²) in [5, 5.41) is 13.6. The van der Waals surface area contributed by atoms with E-state index in [4.69, 9.17) is 5.73 Å². The third-order valence-corrected chi connectivity index (χ3v) is 3.04. The van der Waals surface area contributed by atoms with E-state index in [0.29, 0.717) is 6.07 Å². The van der Waals surface area contributed by atoms with Crippen molar-refractivity contribution in [1.82, 2.24) is 14.6 Å². The van der Waals surface area contributed by atoms with E-state index in [1.165, 1.54) is 0 Å². The average Bonchev–Trinajstić information content (AvgIpc) is 2.90. The minimum Gasteiger partial charge on any atom is -0.507 e. The smallest absolute Gasteiger partial charge is 0.256 e. The van der Waals surface area contributed by atoms with E-state index in [1.807, 2.05) is 0 Å². The SMILES string of the molecule is NC(=O)c1c(O)cc(-c2cc(F)cc(F)c2F)n2ncnc12. The molecule has 0 aliphatic heterocycles. The second-order valence-electron chi connectivity index (χ2n) is 4.40. The van der Waals surface area contributed by atoms with Crippen LogP contribution in [-0.4, -0.2) is 25.6 Å². The minimum absolute atomic E-state index is 0.161. The first-order chi connectivity index (χ1) is 10.4. The normalized spacial score (nSPS) is 11.0. The van der Waals surface area contributed by atoms with Gasteiger partial charge in [0.25, 0.3) is 5.91 Å². The van der Waals surface area contributed by atoms with Crippen molar-refractivity contribution >= 4 is 11.6 Å². The average molecular weight is 308 g/mol. The Bertz CT molecular complexity index is 923. The van der Waals surface area contributed by atoms with E-state index in [-0.39, 0.29) is 16.9 Å². The van der Waals surface area contributed by atoms with Crippen LogP contribution in [0.4, 0.5) is 13.2 Å². The predicted molar refractivity (Wildman–Crippen MR) is 68.5 cm³/mol. The molecule has 1 amide bonds. The van der Waals surface area contributed by atoms with Crippen molar-refractivity contribution in [1.29, 1.82) is 0 Å². The summed E-state index contributed by atoms with van der Waals surface area (Å²) in [7, 11) is 0. The Morgan fingerprint density at radius 3 is 2.64 bits per heavy atom. The summed E-state index contributed by atoms with van der Waals surface area (Å²) in [6.45, 7) is 0. The zero-order valence-corrected chi connectivity index (χ0v) is 10.7. The predicted octanol–water partition coefficient (Wildman–Crippen LogP) is 1.62. The van der Waals surface area contributed by atoms with Gasteiger partial charge in [0.05, 0.1) is 5.69 Å². The van der Waals surface area contributed by atoms with Crippen molar-refractivity contribution in [2.45, 2.75) is 0 Å². The zero-order chi connectivity index (χ0) is 16.0. The fourth-order valence-corrected chi connectivity index (χ4v) is 2.14. The van der Waals surface area contributed by atoms with Crippen LogP contribution in [-0.2, 0) is 0 Å². The number of aromatic nitrogens is 3. The number of benzene rings is 1. The number of fused-ring (bicyclic) bond motifs is 1. The van der Waals surface area contributed by atoms with Gasteiger partial charge in [0, 0.05) is 17.7 Å². The first-order valence-corrected chi connectivity index (χ1v) is 5.90. The second kappa shape index (κ2) is 4.72. The first-order valence-electron chi connectivity index (χ1n) is 5.90. The van der Waals surface area contributed by atoms with Gasteiger partial charge in [-0.2, -0.15) is 5.10 Å². The highest BCUT2D eigenvalue weighted by Gasteiger charge is 2.22. The van der Waals surface area contributed by atoms with Gasteiger partial charge in [-0.25, -0.2) is 22.7 Å². The number of amides is 1. The molecule has 0 spiro atoms. The van der Waals surface area contributed by atoms with Crippen LogP contribution < -0.4 is 5.73 Å². The fourth-order valence-electron chi connectivity index (χ4n) is 2.14. The molecule has 0 saturated carbocycles. The lowest BCUT2D eigenvalue weighted by Crippen LogP contribution is -2.14. The van der Waals surface area contributed by atoms with E-state index < -0.39 is 34.7 Å². The summed E-state index contributed by atoms with van der Waals surface area (Å²) < 4.78 is 41.6. The topological polar surface area (TPSA) is 93.5 Å². The van der Waals surface area contributed by atoms with E-state index in [1.54, 1.807) is 0 Å². The maximum absolute atomic E-state index is 13.9. The maximum Gasteiger partial charge on any atom is 0.256 e. The summed E-state index contributed by atoms with van der Waals surface area (Å²) in [5.74, 6) is -5.33. The Labute approximate surface area is 120 Å². The molecule has 3 rings (SSSR count). The zero-order valence-electron chi connectivity index (χ0n) is 10.7. The number of nitrogens with zero attached hydrogens (tertiary/aromatic N) is 3. The fraction of sp³-hybridized carbons (Fsp3) is 0. The van der Waals surface area contributed by atoms with Crippen LogP contribution >= 0.6 is 0 Å². The molecule has 112 valence electrons. The van der Waals surface area contributed by atoms with Crippen LogP contribution in [0.5, 0.6) is 5.75 Å². The standard InChI is InChI=1S/C13H7F3N4O2/c14-5-1-6(11(16)7(15)2-5)8-3-9(21)10(12(17)22)13-18-4-19-20(8)13/h1-4,21H,(H2,17,22). The summed E-state index contributed by atoms with van der Waals surface area (Å²) in [5.41, 5.74) is 3.96. The van der Waals surface area contributed by atoms with Gasteiger partial charge in [-0.3, -0.25) is 4.79 Å². The van der Waals surface area contributed by atoms with Crippen molar-refractivity contribution in [3.63, 3.8) is 0 Å². The summed E-state index contributed by atoms with van der Waals surface area (Å²) in [6.07, 6.45) is 1.03. The van der Waals surface area contributed by atoms with Crippen molar-refractivity contribution in [2.75, 3.05) is 0 Å². The number of nitrogens with two attached hydrogens (primary N) is 1. The number of halogens is 3. The summed E-state index contributed by atoms with van der Waals surface area (Å²) >= 11 is 0. The van der Waals surface area contributed by atoms with Crippen molar-refractivity contribution < 1.29 is 23.1 Å². The minimum atomic E-state index is -1.40. The van der Waals surface area contributed by atoms with Crippen molar-refractivity contribution in [3.05, 3.63) is 47.5 Å². The summed E-state index contributed by atoms with van der Waals surface area (Å²) in [4.78, 5) is 15.1. The Kier molecular flexibility index (Phi) is 2.98. The molecule has 6 nitrogen and oxygen atoms in total. The Morgan fingerprint density at radius 1 is 1.23 bits per heavy atom. The second-order valence-corrected chi connectivity index (χ2v) is 4.40. The Hall–Kier alpha value is -3.10. The quantitative estimate of drug-likeness (QED) is 0.703. The van der Waals surface area contributed by atoms with Crippen LogP contribution in [0.25, 0.3) is 16.9 Å². The molecule has 2 aromatic heterocycles. The lowest BCUT2D eigenvalue weighted by molar-refractivity contribution is 0.0999. The number of aromatic hydroxyl groups is 1. The molecule has 2 heterocycles. The molecule has 0 fully saturated rings. The lowest BCUT2D eigenvalue weighted by atomic mass is 10.1. The molecule has 0 radical (unpaired) electrons. The number of pyridine rings is 1. The molecule has 3 aromatic rings. The molecule has 3 N–H and O–H groups in total. The van der Waals surface area contributed by atoms with Gasteiger partial charge in [0.15, 0.2) is 17.3 Å². The molecule has 0 saturated heterocycles. The monoisotopic (exact) mass is 308 g/mol. The number of hydrogen-bond acceptors (Lipinski definition) is 4. The van der Waals surface area contributed by atoms with Crippen LogP contribution in [0.15, 0.2) is 24.5 Å². The van der Waals surface area contributed by atoms with Crippen LogP contribution in [0.3, 0.4) is 0 Å². The molecular weight excluding hydrogens is 301 g/mol. The molecule has 22 heavy (non-hydrogen) atoms. The van der Waals surface area contributed by atoms with Gasteiger partial charge >= 0.3 is 0 Å². The number of rotatable bonds is 2. The van der Waals surface area contributed by atoms with E-state index in [9.17, 15) is 23.1 Å². The van der Waals surface area contributed by atoms with E-state index >= 15 is 0 Å². The molecule has 0 unspecified atom stereocenters. The first kappa shape index (κ1) is 13.9. The van der Waals surface area contributed by atoms with Crippen LogP contribution in [0.1, 0.15) is 10.4 Å². The third kappa shape index (κ3) is 1.94. The van der Waals surface area contributed by atoms with Gasteiger partial charge in [0.1, 0.15) is 23.5 Å². The van der Waals surface area contributed by atoms with Crippen molar-refractivity contribution in [3.8, 4) is 17.0 Å². The highest BCUT2D eigenvalue weighted by atomic mass is 19.2. The van der Waals surface area contributed by atoms with Crippen LogP contribution in [0, 0.1) is 17.5 Å². The van der Waals surface area contributed by atoms with Crippen molar-refractivity contribution in [2.24, 2.45) is 5.73 Å². The number of carbonyl (C=O) groups is 1. The molecule has 0 bridgehead atoms. The number of primary amides is 1. The van der Waals surface area contributed by atoms with E-state index in [0.717, 1.165) is 23.0 Å². The van der Waals surface area contributed by atoms with Gasteiger partial charge in [-0.1, -0.05) is 0 Å². The summed E-state index contributed by atoms with van der Waals surface area (Å²) in [6, 6.07) is 2.05. The highest BCUT2D eigenvalue weighted by molar-refractivity contribution is 6.02. The van der Waals surface area contributed by atoms with Gasteiger partial charge < -0.3 is 10.8 Å². The Balaban J connectivity index is 2.41. The van der Waals surface area contributed by atoms with Gasteiger partial charge in [-0.05, 0) is 6.07 Å². The Morgan fingerprint density at radius 2 is 1.95 bits per heavy atom. The maximum atomic E-state index is 13.9. The van der Waals surface area contributed by atoms with E-state index in [2.05, 4.69) is 10.1 Å². The third-order valence-electron chi connectivity index (χ3n) is 3.04. The molecule has 0 aliphatic rings. The van der Waals surface area contributed by atoms with Gasteiger partial charge in [0.2, 0.25) is 0 Å². The molecular formula is C13H7F3N4O2.